The first-order valence-electron chi connectivity index (χ1n) is 9.68. The highest BCUT2D eigenvalue weighted by Gasteiger charge is 2.26. The van der Waals surface area contributed by atoms with E-state index in [1.807, 2.05) is 0 Å². The number of aromatic nitrogens is 2. The van der Waals surface area contributed by atoms with E-state index >= 15 is 0 Å². The van der Waals surface area contributed by atoms with Crippen molar-refractivity contribution in [3.8, 4) is 0 Å². The van der Waals surface area contributed by atoms with E-state index < -0.39 is 0 Å². The maximum Gasteiger partial charge on any atom is 0.225 e. The molecule has 2 fully saturated rings. The van der Waals surface area contributed by atoms with Crippen LogP contribution in [0.25, 0.3) is 0 Å². The summed E-state index contributed by atoms with van der Waals surface area (Å²) < 4.78 is 0. The lowest BCUT2D eigenvalue weighted by atomic mass is 9.96. The Morgan fingerprint density at radius 2 is 1.76 bits per heavy atom. The molecule has 2 saturated carbocycles. The van der Waals surface area contributed by atoms with Crippen LogP contribution >= 0.6 is 0 Å². The highest BCUT2D eigenvalue weighted by Crippen LogP contribution is 2.40. The Morgan fingerprint density at radius 3 is 2.52 bits per heavy atom. The molecule has 0 spiro atoms. The molecule has 0 aliphatic heterocycles. The van der Waals surface area contributed by atoms with Crippen molar-refractivity contribution in [1.82, 2.24) is 9.97 Å². The average Bonchev–Trinajstić information content (AvgIpc) is 3.45. The Balaban J connectivity index is 1.58. The summed E-state index contributed by atoms with van der Waals surface area (Å²) in [5.74, 6) is 2.32. The van der Waals surface area contributed by atoms with E-state index in [4.69, 9.17) is 9.97 Å². The number of rotatable bonds is 5. The predicted molar refractivity (Wildman–Crippen MR) is 104 cm³/mol. The molecule has 0 radical (unpaired) electrons. The maximum absolute atomic E-state index is 4.81. The minimum absolute atomic E-state index is 0.525. The summed E-state index contributed by atoms with van der Waals surface area (Å²) in [5, 5.41) is 7.12. The van der Waals surface area contributed by atoms with Gasteiger partial charge in [0, 0.05) is 23.7 Å². The molecule has 2 N–H and O–H groups in total. The molecule has 0 bridgehead atoms. The standard InChI is InChI=1S/C21H28N4/c1-14-7-6-10-18(15(14)2)23-20-13-19(16-11-12-16)24-21(25-20)22-17-8-4-3-5-9-17/h6-7,10,13,16-17H,3-5,8-9,11-12H2,1-2H3,(H2,22,23,24,25). The molecule has 1 aromatic carbocycles. The van der Waals surface area contributed by atoms with E-state index in [1.54, 1.807) is 0 Å². The predicted octanol–water partition coefficient (Wildman–Crippen LogP) is 5.46. The second kappa shape index (κ2) is 7.03. The van der Waals surface area contributed by atoms with Gasteiger partial charge in [-0.05, 0) is 56.7 Å². The van der Waals surface area contributed by atoms with Gasteiger partial charge in [-0.3, -0.25) is 0 Å². The molecular formula is C21H28N4. The Labute approximate surface area is 150 Å². The third-order valence-corrected chi connectivity index (χ3v) is 5.55. The molecule has 0 saturated heterocycles. The molecule has 0 unspecified atom stereocenters. The summed E-state index contributed by atoms with van der Waals surface area (Å²) in [6, 6.07) is 9.01. The normalized spacial score (nSPS) is 18.2. The fraction of sp³-hybridized carbons (Fsp3) is 0.524. The van der Waals surface area contributed by atoms with Crippen LogP contribution in [-0.2, 0) is 0 Å². The smallest absolute Gasteiger partial charge is 0.225 e. The zero-order valence-electron chi connectivity index (χ0n) is 15.3. The quantitative estimate of drug-likeness (QED) is 0.761. The third-order valence-electron chi connectivity index (χ3n) is 5.55. The number of nitrogens with zero attached hydrogens (tertiary/aromatic N) is 2. The summed E-state index contributed by atoms with van der Waals surface area (Å²) >= 11 is 0. The average molecular weight is 336 g/mol. The van der Waals surface area contributed by atoms with E-state index in [-0.39, 0.29) is 0 Å². The van der Waals surface area contributed by atoms with Crippen molar-refractivity contribution in [3.63, 3.8) is 0 Å². The monoisotopic (exact) mass is 336 g/mol. The molecule has 4 rings (SSSR count). The van der Waals surface area contributed by atoms with Gasteiger partial charge >= 0.3 is 0 Å². The van der Waals surface area contributed by atoms with Gasteiger partial charge in [0.2, 0.25) is 5.95 Å². The minimum Gasteiger partial charge on any atom is -0.351 e. The van der Waals surface area contributed by atoms with Gasteiger partial charge in [-0.15, -0.1) is 0 Å². The topological polar surface area (TPSA) is 49.8 Å². The zero-order chi connectivity index (χ0) is 17.2. The SMILES string of the molecule is Cc1cccc(Nc2cc(C3CC3)nc(NC3CCCCC3)n2)c1C. The van der Waals surface area contributed by atoms with Gasteiger partial charge in [-0.2, -0.15) is 4.98 Å². The first kappa shape index (κ1) is 16.4. The van der Waals surface area contributed by atoms with Crippen LogP contribution in [0, 0.1) is 13.8 Å². The Bertz CT molecular complexity index is 746. The van der Waals surface area contributed by atoms with Crippen molar-refractivity contribution < 1.29 is 0 Å². The molecule has 0 atom stereocenters. The van der Waals surface area contributed by atoms with Crippen molar-refractivity contribution in [3.05, 3.63) is 41.1 Å². The Morgan fingerprint density at radius 1 is 0.960 bits per heavy atom. The number of nitrogens with one attached hydrogen (secondary N) is 2. The van der Waals surface area contributed by atoms with Crippen molar-refractivity contribution in [2.24, 2.45) is 0 Å². The van der Waals surface area contributed by atoms with E-state index in [1.165, 1.54) is 61.8 Å². The summed E-state index contributed by atoms with van der Waals surface area (Å²) in [5.41, 5.74) is 4.88. The van der Waals surface area contributed by atoms with Gasteiger partial charge < -0.3 is 10.6 Å². The Hall–Kier alpha value is -2.10. The van der Waals surface area contributed by atoms with Gasteiger partial charge in [0.05, 0.1) is 5.69 Å². The molecule has 2 aliphatic rings. The van der Waals surface area contributed by atoms with Crippen molar-refractivity contribution in [1.29, 1.82) is 0 Å². The second-order valence-electron chi connectivity index (χ2n) is 7.63. The molecule has 25 heavy (non-hydrogen) atoms. The summed E-state index contributed by atoms with van der Waals surface area (Å²) in [6.45, 7) is 4.30. The van der Waals surface area contributed by atoms with Gasteiger partial charge in [0.15, 0.2) is 0 Å². The lowest BCUT2D eigenvalue weighted by Crippen LogP contribution is -2.23. The van der Waals surface area contributed by atoms with Crippen molar-refractivity contribution in [2.75, 3.05) is 10.6 Å². The molecule has 1 aromatic heterocycles. The molecule has 1 heterocycles. The highest BCUT2D eigenvalue weighted by atomic mass is 15.2. The maximum atomic E-state index is 4.81. The lowest BCUT2D eigenvalue weighted by Gasteiger charge is -2.23. The van der Waals surface area contributed by atoms with Crippen molar-refractivity contribution in [2.45, 2.75) is 70.8 Å². The fourth-order valence-corrected chi connectivity index (χ4v) is 3.64. The number of hydrogen-bond acceptors (Lipinski definition) is 4. The molecule has 4 nitrogen and oxygen atoms in total. The van der Waals surface area contributed by atoms with Crippen LogP contribution < -0.4 is 10.6 Å². The van der Waals surface area contributed by atoms with Crippen LogP contribution in [0.5, 0.6) is 0 Å². The molecule has 132 valence electrons. The van der Waals surface area contributed by atoms with Crippen LogP contribution in [-0.4, -0.2) is 16.0 Å². The van der Waals surface area contributed by atoms with Crippen LogP contribution in [0.2, 0.25) is 0 Å². The second-order valence-corrected chi connectivity index (χ2v) is 7.63. The Kier molecular flexibility index (Phi) is 4.60. The summed E-state index contributed by atoms with van der Waals surface area (Å²) in [6.07, 6.45) is 8.96. The molecule has 2 aliphatic carbocycles. The van der Waals surface area contributed by atoms with Crippen LogP contribution in [0.15, 0.2) is 24.3 Å². The largest absolute Gasteiger partial charge is 0.351 e. The van der Waals surface area contributed by atoms with E-state index in [2.05, 4.69) is 48.7 Å². The number of hydrogen-bond donors (Lipinski definition) is 2. The highest BCUT2D eigenvalue weighted by molar-refractivity contribution is 5.63. The lowest BCUT2D eigenvalue weighted by molar-refractivity contribution is 0.460. The summed E-state index contributed by atoms with van der Waals surface area (Å²) in [7, 11) is 0. The van der Waals surface area contributed by atoms with Gasteiger partial charge in [0.25, 0.3) is 0 Å². The van der Waals surface area contributed by atoms with Crippen molar-refractivity contribution >= 4 is 17.5 Å². The first-order valence-corrected chi connectivity index (χ1v) is 9.68. The molecule has 2 aromatic rings. The van der Waals surface area contributed by atoms with Gasteiger partial charge in [-0.25, -0.2) is 4.98 Å². The number of benzene rings is 1. The van der Waals surface area contributed by atoms with Crippen LogP contribution in [0.1, 0.15) is 67.7 Å². The van der Waals surface area contributed by atoms with Gasteiger partial charge in [-0.1, -0.05) is 31.4 Å². The fourth-order valence-electron chi connectivity index (χ4n) is 3.64. The van der Waals surface area contributed by atoms with Crippen LogP contribution in [0.3, 0.4) is 0 Å². The zero-order valence-corrected chi connectivity index (χ0v) is 15.3. The van der Waals surface area contributed by atoms with E-state index in [0.29, 0.717) is 12.0 Å². The van der Waals surface area contributed by atoms with Crippen LogP contribution in [0.4, 0.5) is 17.5 Å². The third kappa shape index (κ3) is 3.94. The number of anilines is 3. The van der Waals surface area contributed by atoms with E-state index in [9.17, 15) is 0 Å². The molecule has 0 amide bonds. The molecular weight excluding hydrogens is 308 g/mol. The van der Waals surface area contributed by atoms with Gasteiger partial charge in [0.1, 0.15) is 5.82 Å². The summed E-state index contributed by atoms with van der Waals surface area (Å²) in [4.78, 5) is 9.58. The number of aryl methyl sites for hydroxylation is 1. The van der Waals surface area contributed by atoms with E-state index in [0.717, 1.165) is 17.5 Å². The molecule has 4 heteroatoms. The first-order chi connectivity index (χ1) is 12.2. The minimum atomic E-state index is 0.525.